The summed E-state index contributed by atoms with van der Waals surface area (Å²) in [7, 11) is 1.72. The molecule has 20 heavy (non-hydrogen) atoms. The van der Waals surface area contributed by atoms with Crippen LogP contribution in [0.3, 0.4) is 0 Å². The van der Waals surface area contributed by atoms with Crippen LogP contribution in [0, 0.1) is 11.1 Å². The smallest absolute Gasteiger partial charge is 0.180 e. The largest absolute Gasteiger partial charge is 0.619 e. The normalized spacial score (nSPS) is 26.6. The second-order valence-corrected chi connectivity index (χ2v) is 5.81. The van der Waals surface area contributed by atoms with Crippen molar-refractivity contribution >= 4 is 0 Å². The Morgan fingerprint density at radius 2 is 1.95 bits per heavy atom. The van der Waals surface area contributed by atoms with E-state index in [1.54, 1.807) is 19.5 Å². The molecule has 2 aliphatic carbocycles. The molecule has 0 bridgehead atoms. The molecular formula is C17H17NO2. The Balaban J connectivity index is 1.69. The topological polar surface area (TPSA) is 36.2 Å². The summed E-state index contributed by atoms with van der Waals surface area (Å²) >= 11 is 0. The number of methoxy groups -OCH3 is 1. The Labute approximate surface area is 118 Å². The zero-order valence-electron chi connectivity index (χ0n) is 11.5. The third-order valence-electron chi connectivity index (χ3n) is 4.84. The Morgan fingerprint density at radius 1 is 1.15 bits per heavy atom. The third kappa shape index (κ3) is 1.69. The molecule has 1 aromatic carbocycles. The van der Waals surface area contributed by atoms with Crippen molar-refractivity contribution in [2.75, 3.05) is 7.11 Å². The Morgan fingerprint density at radius 3 is 2.70 bits per heavy atom. The summed E-state index contributed by atoms with van der Waals surface area (Å²) in [4.78, 5) is 0. The van der Waals surface area contributed by atoms with E-state index in [1.165, 1.54) is 23.1 Å². The fourth-order valence-electron chi connectivity index (χ4n) is 3.82. The highest BCUT2D eigenvalue weighted by atomic mass is 16.5. The van der Waals surface area contributed by atoms with Crippen LogP contribution in [0.2, 0.25) is 0 Å². The summed E-state index contributed by atoms with van der Waals surface area (Å²) in [5.41, 5.74) is 4.21. The summed E-state index contributed by atoms with van der Waals surface area (Å²) in [6.45, 7) is 0. The molecule has 0 saturated heterocycles. The first-order valence-corrected chi connectivity index (χ1v) is 7.13. The maximum absolute atomic E-state index is 11.2. The molecule has 3 nitrogen and oxygen atoms in total. The Bertz CT molecular complexity index is 651. The molecule has 3 atom stereocenters. The third-order valence-corrected chi connectivity index (χ3v) is 4.84. The van der Waals surface area contributed by atoms with E-state index in [-0.39, 0.29) is 0 Å². The number of nitrogens with zero attached hydrogens (tertiary/aromatic N) is 1. The molecule has 3 heteroatoms. The van der Waals surface area contributed by atoms with Gasteiger partial charge in [0.1, 0.15) is 5.75 Å². The number of aromatic nitrogens is 1. The lowest BCUT2D eigenvalue weighted by molar-refractivity contribution is -0.605. The molecule has 0 spiro atoms. The lowest BCUT2D eigenvalue weighted by atomic mass is 9.91. The van der Waals surface area contributed by atoms with Crippen molar-refractivity contribution in [1.29, 1.82) is 0 Å². The van der Waals surface area contributed by atoms with E-state index in [9.17, 15) is 5.21 Å². The average Bonchev–Trinajstić information content (AvgIpc) is 3.22. The van der Waals surface area contributed by atoms with Crippen molar-refractivity contribution in [3.63, 3.8) is 0 Å². The predicted octanol–water partition coefficient (Wildman–Crippen LogP) is 2.77. The quantitative estimate of drug-likeness (QED) is 0.619. The molecule has 2 aliphatic rings. The predicted molar refractivity (Wildman–Crippen MR) is 75.7 cm³/mol. The highest BCUT2D eigenvalue weighted by Crippen LogP contribution is 2.65. The first-order chi connectivity index (χ1) is 9.78. The second-order valence-electron chi connectivity index (χ2n) is 5.81. The van der Waals surface area contributed by atoms with Gasteiger partial charge in [0.15, 0.2) is 12.4 Å². The standard InChI is InChI=1S/C17H17NO2/c1-20-13-4-2-11-3-5-14-16(17(14)15(11)10-13)12-6-8-18(19)9-7-12/h2,4,6-10,14,16-17H,3,5H2,1H3/t14-,16-,17+/m1/s1. The fourth-order valence-corrected chi connectivity index (χ4v) is 3.82. The average molecular weight is 267 g/mol. The van der Waals surface area contributed by atoms with E-state index in [2.05, 4.69) is 18.2 Å². The summed E-state index contributed by atoms with van der Waals surface area (Å²) < 4.78 is 6.21. The van der Waals surface area contributed by atoms with Gasteiger partial charge in [0.25, 0.3) is 0 Å². The highest BCUT2D eigenvalue weighted by Gasteiger charge is 2.53. The number of aryl methyl sites for hydroxylation is 1. The molecule has 102 valence electrons. The molecule has 0 unspecified atom stereocenters. The molecule has 0 aliphatic heterocycles. The molecule has 0 amide bonds. The molecule has 1 fully saturated rings. The minimum absolute atomic E-state index is 0.574. The first kappa shape index (κ1) is 11.8. The van der Waals surface area contributed by atoms with Crippen LogP contribution in [0.25, 0.3) is 0 Å². The minimum atomic E-state index is 0.574. The van der Waals surface area contributed by atoms with Crippen LogP contribution in [0.15, 0.2) is 42.7 Å². The molecule has 0 N–H and O–H groups in total. The monoisotopic (exact) mass is 267 g/mol. The second kappa shape index (κ2) is 4.23. The number of hydrogen-bond donors (Lipinski definition) is 0. The van der Waals surface area contributed by atoms with Gasteiger partial charge in [-0.15, -0.1) is 0 Å². The summed E-state index contributed by atoms with van der Waals surface area (Å²) in [5.74, 6) is 2.86. The van der Waals surface area contributed by atoms with E-state index in [4.69, 9.17) is 4.74 Å². The molecule has 1 aromatic heterocycles. The van der Waals surface area contributed by atoms with Crippen LogP contribution >= 0.6 is 0 Å². The SMILES string of the molecule is COc1ccc2c(c1)[C@@H]1[C@H](CC2)[C@H]1c1cc[n+]([O-])cc1. The van der Waals surface area contributed by atoms with Crippen LogP contribution in [0.1, 0.15) is 34.9 Å². The highest BCUT2D eigenvalue weighted by molar-refractivity contribution is 5.48. The van der Waals surface area contributed by atoms with Crippen molar-refractivity contribution in [2.45, 2.75) is 24.7 Å². The van der Waals surface area contributed by atoms with Crippen LogP contribution < -0.4 is 9.47 Å². The zero-order valence-corrected chi connectivity index (χ0v) is 11.5. The van der Waals surface area contributed by atoms with Crippen molar-refractivity contribution in [1.82, 2.24) is 0 Å². The molecular weight excluding hydrogens is 250 g/mol. The van der Waals surface area contributed by atoms with Gasteiger partial charge in [0.2, 0.25) is 0 Å². The zero-order chi connectivity index (χ0) is 13.7. The van der Waals surface area contributed by atoms with Gasteiger partial charge in [-0.3, -0.25) is 0 Å². The van der Waals surface area contributed by atoms with E-state index in [1.807, 2.05) is 12.1 Å². The summed E-state index contributed by atoms with van der Waals surface area (Å²) in [5, 5.41) is 11.2. The van der Waals surface area contributed by atoms with Crippen LogP contribution in [0.5, 0.6) is 5.75 Å². The number of hydrogen-bond acceptors (Lipinski definition) is 2. The van der Waals surface area contributed by atoms with Crippen molar-refractivity contribution in [2.24, 2.45) is 5.92 Å². The first-order valence-electron chi connectivity index (χ1n) is 7.13. The van der Waals surface area contributed by atoms with Crippen LogP contribution in [-0.4, -0.2) is 7.11 Å². The maximum atomic E-state index is 11.2. The Kier molecular flexibility index (Phi) is 2.49. The van der Waals surface area contributed by atoms with Crippen molar-refractivity contribution in [3.05, 3.63) is 64.6 Å². The van der Waals surface area contributed by atoms with Crippen LogP contribution in [-0.2, 0) is 6.42 Å². The van der Waals surface area contributed by atoms with E-state index in [0.29, 0.717) is 11.8 Å². The van der Waals surface area contributed by atoms with E-state index < -0.39 is 0 Å². The van der Waals surface area contributed by atoms with Crippen molar-refractivity contribution < 1.29 is 9.47 Å². The van der Waals surface area contributed by atoms with Crippen molar-refractivity contribution in [3.8, 4) is 5.75 Å². The summed E-state index contributed by atoms with van der Waals surface area (Å²) in [6.07, 6.45) is 5.62. The van der Waals surface area contributed by atoms with E-state index >= 15 is 0 Å². The fraction of sp³-hybridized carbons (Fsp3) is 0.353. The van der Waals surface area contributed by atoms with Gasteiger partial charge in [0.05, 0.1) is 7.11 Å². The molecule has 4 rings (SSSR count). The number of fused-ring (bicyclic) bond motifs is 3. The van der Waals surface area contributed by atoms with Gasteiger partial charge < -0.3 is 9.94 Å². The molecule has 0 radical (unpaired) electrons. The maximum Gasteiger partial charge on any atom is 0.180 e. The van der Waals surface area contributed by atoms with Gasteiger partial charge in [-0.2, -0.15) is 4.73 Å². The van der Waals surface area contributed by atoms with E-state index in [0.717, 1.165) is 22.8 Å². The van der Waals surface area contributed by atoms with Gasteiger partial charge in [-0.25, -0.2) is 0 Å². The number of pyridine rings is 1. The van der Waals surface area contributed by atoms with Crippen LogP contribution in [0.4, 0.5) is 0 Å². The molecule has 1 heterocycles. The van der Waals surface area contributed by atoms with Gasteiger partial charge in [-0.1, -0.05) is 6.07 Å². The number of benzene rings is 1. The molecule has 1 saturated carbocycles. The van der Waals surface area contributed by atoms with Gasteiger partial charge >= 0.3 is 0 Å². The van der Waals surface area contributed by atoms with Gasteiger partial charge in [0, 0.05) is 12.1 Å². The van der Waals surface area contributed by atoms with Gasteiger partial charge in [-0.05, 0) is 59.4 Å². The lowest BCUT2D eigenvalue weighted by Gasteiger charge is -2.15. The number of ether oxygens (including phenoxy) is 1. The Hall–Kier alpha value is -2.03. The number of rotatable bonds is 2. The summed E-state index contributed by atoms with van der Waals surface area (Å²) in [6, 6.07) is 10.4. The minimum Gasteiger partial charge on any atom is -0.619 e. The lowest BCUT2D eigenvalue weighted by Crippen LogP contribution is -2.23. The molecule has 2 aromatic rings.